The fourth-order valence-corrected chi connectivity index (χ4v) is 5.98. The molecule has 8 radical (unpaired) electrons. The molecule has 14 heteroatoms. The minimum Gasteiger partial charge on any atom is -0.409 e. The van der Waals surface area contributed by atoms with Crippen molar-refractivity contribution in [1.29, 1.82) is 5.26 Å². The van der Waals surface area contributed by atoms with Gasteiger partial charge in [0.15, 0.2) is 5.72 Å². The van der Waals surface area contributed by atoms with Gasteiger partial charge in [0.25, 0.3) is 5.91 Å². The Morgan fingerprint density at radius 2 is 1.80 bits per heavy atom. The Morgan fingerprint density at radius 3 is 2.32 bits per heavy atom. The van der Waals surface area contributed by atoms with Crippen molar-refractivity contribution in [2.24, 2.45) is 5.41 Å². The number of benzene rings is 2. The maximum Gasteiger partial charge on any atom is 0.257 e. The molecule has 2 atom stereocenters. The Morgan fingerprint density at radius 1 is 1.14 bits per heavy atom. The molecule has 2 aliphatic rings. The average molecular weight is 605 g/mol. The molecule has 2 heterocycles. The summed E-state index contributed by atoms with van der Waals surface area (Å²) in [5, 5.41) is 36.0. The number of aliphatic hydroxyl groups is 3. The topological polar surface area (TPSA) is 127 Å². The third-order valence-electron chi connectivity index (χ3n) is 8.60. The van der Waals surface area contributed by atoms with Crippen LogP contribution in [0.5, 0.6) is 0 Å². The molecule has 1 aliphatic carbocycles. The molecule has 0 bridgehead atoms. The molecule has 8 nitrogen and oxygen atoms in total. The van der Waals surface area contributed by atoms with E-state index in [0.717, 1.165) is 6.07 Å². The van der Waals surface area contributed by atoms with Gasteiger partial charge in [-0.15, -0.1) is 0 Å². The van der Waals surface area contributed by atoms with Gasteiger partial charge in [0, 0.05) is 35.2 Å². The van der Waals surface area contributed by atoms with Gasteiger partial charge in [-0.05, 0) is 72.5 Å². The molecule has 5 rings (SSSR count). The highest BCUT2D eigenvalue weighted by Gasteiger charge is 2.65. The van der Waals surface area contributed by atoms with Crippen LogP contribution in [0.2, 0.25) is 5.02 Å². The fraction of sp³-hybridized carbons (Fsp3) is 0.367. The molecule has 1 fully saturated rings. The number of nitriles is 1. The lowest BCUT2D eigenvalue weighted by Gasteiger charge is -2.51. The average Bonchev–Trinajstić information content (AvgIpc) is 3.75. The van der Waals surface area contributed by atoms with E-state index in [1.165, 1.54) is 60.5 Å². The highest BCUT2D eigenvalue weighted by atomic mass is 35.5. The number of aromatic nitrogens is 1. The number of pyridine rings is 1. The molecular formula is C30H25B4ClFN3O5. The Bertz CT molecular complexity index is 1640. The van der Waals surface area contributed by atoms with Crippen molar-refractivity contribution in [3.63, 3.8) is 0 Å². The molecule has 216 valence electrons. The first-order valence-electron chi connectivity index (χ1n) is 13.7. The largest absolute Gasteiger partial charge is 0.409 e. The third-order valence-corrected chi connectivity index (χ3v) is 8.85. The van der Waals surface area contributed by atoms with E-state index in [-0.39, 0.29) is 53.6 Å². The first-order valence-corrected chi connectivity index (χ1v) is 14.1. The van der Waals surface area contributed by atoms with Gasteiger partial charge in [0.1, 0.15) is 27.6 Å². The van der Waals surface area contributed by atoms with E-state index in [1.54, 1.807) is 0 Å². The Labute approximate surface area is 264 Å². The summed E-state index contributed by atoms with van der Waals surface area (Å²) in [5.74, 6) is -1.69. The third kappa shape index (κ3) is 5.17. The summed E-state index contributed by atoms with van der Waals surface area (Å²) < 4.78 is 23.1. The minimum atomic E-state index is -2.41. The van der Waals surface area contributed by atoms with E-state index in [4.69, 9.17) is 47.7 Å². The molecular weight excluding hydrogens is 580 g/mol. The van der Waals surface area contributed by atoms with Crippen molar-refractivity contribution >= 4 is 48.9 Å². The zero-order valence-electron chi connectivity index (χ0n) is 23.8. The number of hydrogen-bond acceptors (Lipinski definition) is 7. The van der Waals surface area contributed by atoms with Crippen LogP contribution in [-0.4, -0.2) is 79.9 Å². The molecule has 1 saturated carbocycles. The molecule has 1 amide bonds. The smallest absolute Gasteiger partial charge is 0.257 e. The van der Waals surface area contributed by atoms with Crippen LogP contribution < -0.4 is 0 Å². The zero-order chi connectivity index (χ0) is 32.3. The van der Waals surface area contributed by atoms with Crippen LogP contribution in [0.15, 0.2) is 54.7 Å². The monoisotopic (exact) mass is 605 g/mol. The van der Waals surface area contributed by atoms with E-state index in [0.29, 0.717) is 10.7 Å². The van der Waals surface area contributed by atoms with Crippen LogP contribution in [0.25, 0.3) is 0 Å². The summed E-state index contributed by atoms with van der Waals surface area (Å²) in [4.78, 5) is 19.8. The standard InChI is InChI=1S/C30H25B4ClFN3O5/c1-26(42,10-11-40)19-12-22-24(23(36)13-19)28(18-3-5-20(35)6-4-18,44-30(33,34)27(8-9-27)29(31,32)43)39(25(22)41)16-21-7-2-17(14-37)15-38-21/h2-7,12-13,15,40,42-43H,8-11,16H2,1H3/t26?,28-/m1/s1. The number of carbonyl (C=O) groups is 1. The number of hydrogen-bond donors (Lipinski definition) is 3. The summed E-state index contributed by atoms with van der Waals surface area (Å²) in [6, 6.07) is 13.4. The molecule has 1 unspecified atom stereocenters. The van der Waals surface area contributed by atoms with Crippen molar-refractivity contribution in [1.82, 2.24) is 9.88 Å². The number of ether oxygens (including phenoxy) is 1. The lowest BCUT2D eigenvalue weighted by molar-refractivity contribution is -0.169. The molecule has 44 heavy (non-hydrogen) atoms. The van der Waals surface area contributed by atoms with Crippen molar-refractivity contribution in [2.45, 2.75) is 54.9 Å². The number of aliphatic hydroxyl groups excluding tert-OH is 1. The van der Waals surface area contributed by atoms with Crippen LogP contribution in [0.1, 0.15) is 64.5 Å². The zero-order valence-corrected chi connectivity index (χ0v) is 24.6. The number of fused-ring (bicyclic) bond motifs is 1. The van der Waals surface area contributed by atoms with Gasteiger partial charge in [-0.3, -0.25) is 14.7 Å². The van der Waals surface area contributed by atoms with E-state index in [1.807, 2.05) is 6.07 Å². The maximum absolute atomic E-state index is 16.6. The Balaban J connectivity index is 1.80. The molecule has 0 spiro atoms. The van der Waals surface area contributed by atoms with E-state index in [9.17, 15) is 25.4 Å². The highest BCUT2D eigenvalue weighted by molar-refractivity contribution is 6.45. The predicted molar refractivity (Wildman–Crippen MR) is 162 cm³/mol. The van der Waals surface area contributed by atoms with Gasteiger partial charge in [0.2, 0.25) is 0 Å². The lowest BCUT2D eigenvalue weighted by atomic mass is 9.43. The number of nitrogens with zero attached hydrogens (tertiary/aromatic N) is 3. The van der Waals surface area contributed by atoms with E-state index in [2.05, 4.69) is 4.98 Å². The van der Waals surface area contributed by atoms with E-state index < -0.39 is 45.9 Å². The van der Waals surface area contributed by atoms with Crippen LogP contribution in [0.4, 0.5) is 4.39 Å². The quantitative estimate of drug-likeness (QED) is 0.302. The second kappa shape index (κ2) is 11.0. The van der Waals surface area contributed by atoms with Gasteiger partial charge >= 0.3 is 0 Å². The molecule has 0 saturated heterocycles. The molecule has 1 aliphatic heterocycles. The van der Waals surface area contributed by atoms with Crippen LogP contribution in [0.3, 0.4) is 0 Å². The summed E-state index contributed by atoms with van der Waals surface area (Å²) in [5.41, 5.74) is -5.17. The van der Waals surface area contributed by atoms with Gasteiger partial charge < -0.3 is 20.1 Å². The highest BCUT2D eigenvalue weighted by Crippen LogP contribution is 2.61. The first-order chi connectivity index (χ1) is 20.5. The summed E-state index contributed by atoms with van der Waals surface area (Å²) >= 11 is 6.20. The van der Waals surface area contributed by atoms with Gasteiger partial charge in [0.05, 0.1) is 50.2 Å². The number of carbonyl (C=O) groups excluding carboxylic acids is 1. The van der Waals surface area contributed by atoms with Gasteiger partial charge in [-0.1, -0.05) is 23.7 Å². The van der Waals surface area contributed by atoms with Crippen LogP contribution in [0, 0.1) is 22.6 Å². The first kappa shape index (κ1) is 32.3. The molecule has 2 aromatic carbocycles. The summed E-state index contributed by atoms with van der Waals surface area (Å²) in [6.45, 7) is 0.693. The van der Waals surface area contributed by atoms with Crippen LogP contribution in [-0.2, 0) is 22.6 Å². The summed E-state index contributed by atoms with van der Waals surface area (Å²) in [7, 11) is 25.0. The van der Waals surface area contributed by atoms with Crippen molar-refractivity contribution in [3.05, 3.63) is 99.1 Å². The minimum absolute atomic E-state index is 0.0308. The fourth-order valence-electron chi connectivity index (χ4n) is 5.86. The Kier molecular flexibility index (Phi) is 8.10. The predicted octanol–water partition coefficient (Wildman–Crippen LogP) is 1.96. The van der Waals surface area contributed by atoms with Crippen molar-refractivity contribution in [3.8, 4) is 6.07 Å². The van der Waals surface area contributed by atoms with Gasteiger partial charge in [-0.25, -0.2) is 4.39 Å². The van der Waals surface area contributed by atoms with E-state index >= 15 is 4.39 Å². The van der Waals surface area contributed by atoms with Crippen LogP contribution >= 0.6 is 11.6 Å². The molecule has 1 aromatic heterocycles. The summed E-state index contributed by atoms with van der Waals surface area (Å²) in [6.07, 6.45) is 1.49. The number of rotatable bonds is 10. The normalized spacial score (nSPS) is 20.6. The number of halogens is 2. The molecule has 3 N–H and O–H groups in total. The second-order valence-electron chi connectivity index (χ2n) is 11.6. The van der Waals surface area contributed by atoms with Gasteiger partial charge in [-0.2, -0.15) is 5.26 Å². The number of amides is 1. The lowest BCUT2D eigenvalue weighted by Crippen LogP contribution is -2.62. The molecule has 3 aromatic rings. The maximum atomic E-state index is 16.6. The SMILES string of the molecule is [B]C([B])(O)C1(C([B])([B])O[C@]2(c3ccc(Cl)cc3)c3c(F)cc(C(C)(O)CCO)cc3C(=O)N2Cc2ccc(C#N)cn2)CC1. The van der Waals surface area contributed by atoms with Crippen molar-refractivity contribution in [2.75, 3.05) is 6.61 Å². The Hall–Kier alpha value is -3.13. The van der Waals surface area contributed by atoms with Crippen molar-refractivity contribution < 1.29 is 29.2 Å². The second-order valence-corrected chi connectivity index (χ2v) is 12.1.